The molecule has 1 amide bonds. The first-order chi connectivity index (χ1) is 7.08. The van der Waals surface area contributed by atoms with Crippen LogP contribution in [0, 0.1) is 17.3 Å². The fourth-order valence-corrected chi connectivity index (χ4v) is 2.82. The highest BCUT2D eigenvalue weighted by atomic mass is 79.9. The molecule has 0 aliphatic heterocycles. The minimum atomic E-state index is 0.244. The fraction of sp³-hybridized carbons (Fsp3) is 0.917. The van der Waals surface area contributed by atoms with Crippen molar-refractivity contribution in [3.63, 3.8) is 0 Å². The first kappa shape index (κ1) is 13.0. The summed E-state index contributed by atoms with van der Waals surface area (Å²) in [6.45, 7) is 7.34. The van der Waals surface area contributed by atoms with Crippen LogP contribution in [0.15, 0.2) is 0 Å². The number of hydrogen-bond acceptors (Lipinski definition) is 1. The van der Waals surface area contributed by atoms with Gasteiger partial charge in [-0.1, -0.05) is 36.7 Å². The molecule has 1 aliphatic rings. The van der Waals surface area contributed by atoms with Crippen molar-refractivity contribution < 1.29 is 4.79 Å². The highest BCUT2D eigenvalue weighted by Gasteiger charge is 2.39. The van der Waals surface area contributed by atoms with Gasteiger partial charge in [0.25, 0.3) is 0 Å². The Balaban J connectivity index is 2.36. The second kappa shape index (κ2) is 5.33. The van der Waals surface area contributed by atoms with Crippen LogP contribution in [0.2, 0.25) is 0 Å². The fourth-order valence-electron chi connectivity index (χ4n) is 1.83. The van der Waals surface area contributed by atoms with Crippen LogP contribution in [0.3, 0.4) is 0 Å². The zero-order valence-electron chi connectivity index (χ0n) is 9.98. The van der Waals surface area contributed by atoms with Crippen LogP contribution in [-0.2, 0) is 4.79 Å². The lowest BCUT2D eigenvalue weighted by Crippen LogP contribution is -2.39. The van der Waals surface area contributed by atoms with E-state index < -0.39 is 0 Å². The Bertz CT molecular complexity index is 217. The molecule has 1 saturated carbocycles. The molecule has 0 spiro atoms. The summed E-state index contributed by atoms with van der Waals surface area (Å²) in [5, 5.41) is 4.07. The number of alkyl halides is 1. The Kier molecular flexibility index (Phi) is 4.63. The first-order valence-corrected chi connectivity index (χ1v) is 7.04. The number of carbonyl (C=O) groups excluding carboxylic acids is 1. The molecule has 0 aromatic heterocycles. The van der Waals surface area contributed by atoms with Gasteiger partial charge in [-0.3, -0.25) is 4.79 Å². The van der Waals surface area contributed by atoms with Crippen molar-refractivity contribution >= 4 is 21.8 Å². The monoisotopic (exact) mass is 275 g/mol. The summed E-state index contributed by atoms with van der Waals surface area (Å²) < 4.78 is 0. The number of rotatable bonds is 6. The molecular formula is C12H22BrNO. The van der Waals surface area contributed by atoms with Gasteiger partial charge in [-0.2, -0.15) is 0 Å². The average molecular weight is 276 g/mol. The van der Waals surface area contributed by atoms with Gasteiger partial charge in [0.1, 0.15) is 0 Å². The maximum atomic E-state index is 11.7. The third-order valence-electron chi connectivity index (χ3n) is 3.87. The number of nitrogens with one attached hydrogen (secondary N) is 1. The molecule has 1 fully saturated rings. The molecule has 88 valence electrons. The minimum absolute atomic E-state index is 0.244. The molecule has 0 aromatic rings. The van der Waals surface area contributed by atoms with Gasteiger partial charge in [0.05, 0.1) is 0 Å². The third kappa shape index (κ3) is 3.20. The zero-order chi connectivity index (χ0) is 11.5. The van der Waals surface area contributed by atoms with E-state index in [1.165, 1.54) is 0 Å². The van der Waals surface area contributed by atoms with E-state index in [9.17, 15) is 4.79 Å². The quantitative estimate of drug-likeness (QED) is 0.742. The highest BCUT2D eigenvalue weighted by Crippen LogP contribution is 2.38. The summed E-state index contributed by atoms with van der Waals surface area (Å²) in [5.41, 5.74) is 0.244. The van der Waals surface area contributed by atoms with Gasteiger partial charge in [0.15, 0.2) is 0 Å². The average Bonchev–Trinajstić information content (AvgIpc) is 2.98. The van der Waals surface area contributed by atoms with Crippen LogP contribution >= 0.6 is 15.9 Å². The molecule has 0 aromatic carbocycles. The first-order valence-electron chi connectivity index (χ1n) is 5.92. The van der Waals surface area contributed by atoms with Crippen LogP contribution in [0.4, 0.5) is 0 Å². The standard InChI is InChI=1S/C12H22BrNO/c1-4-12(5-2,7-13)8-14-11(15)10-6-9(10)3/h9-10H,4-8H2,1-3H3,(H,14,15). The smallest absolute Gasteiger partial charge is 0.223 e. The molecule has 2 nitrogen and oxygen atoms in total. The van der Waals surface area contributed by atoms with Gasteiger partial charge in [-0.25, -0.2) is 0 Å². The van der Waals surface area contributed by atoms with E-state index in [0.29, 0.717) is 11.8 Å². The topological polar surface area (TPSA) is 29.1 Å². The van der Waals surface area contributed by atoms with E-state index in [0.717, 1.165) is 31.1 Å². The molecule has 3 heteroatoms. The van der Waals surface area contributed by atoms with Crippen molar-refractivity contribution in [3.05, 3.63) is 0 Å². The molecule has 1 aliphatic carbocycles. The highest BCUT2D eigenvalue weighted by molar-refractivity contribution is 9.09. The predicted octanol–water partition coefficient (Wildman–Crippen LogP) is 2.96. The Morgan fingerprint density at radius 1 is 1.47 bits per heavy atom. The molecule has 0 bridgehead atoms. The molecule has 0 saturated heterocycles. The summed E-state index contributed by atoms with van der Waals surface area (Å²) in [4.78, 5) is 11.7. The largest absolute Gasteiger partial charge is 0.355 e. The van der Waals surface area contributed by atoms with E-state index in [1.54, 1.807) is 0 Å². The second-order valence-corrected chi connectivity index (χ2v) is 5.44. The Labute approximate surface area is 101 Å². The van der Waals surface area contributed by atoms with Crippen molar-refractivity contribution in [2.45, 2.75) is 40.0 Å². The van der Waals surface area contributed by atoms with Crippen molar-refractivity contribution in [1.82, 2.24) is 5.32 Å². The number of hydrogen-bond donors (Lipinski definition) is 1. The number of halogens is 1. The lowest BCUT2D eigenvalue weighted by molar-refractivity contribution is -0.123. The lowest BCUT2D eigenvalue weighted by atomic mass is 9.84. The van der Waals surface area contributed by atoms with Gasteiger partial charge in [-0.15, -0.1) is 0 Å². The molecular weight excluding hydrogens is 254 g/mol. The lowest BCUT2D eigenvalue weighted by Gasteiger charge is -2.29. The van der Waals surface area contributed by atoms with E-state index in [1.807, 2.05) is 0 Å². The SMILES string of the molecule is CCC(CC)(CBr)CNC(=O)C1CC1C. The van der Waals surface area contributed by atoms with Crippen molar-refractivity contribution in [2.24, 2.45) is 17.3 Å². The van der Waals surface area contributed by atoms with Crippen molar-refractivity contribution in [2.75, 3.05) is 11.9 Å². The summed E-state index contributed by atoms with van der Waals surface area (Å²) in [6, 6.07) is 0. The molecule has 2 unspecified atom stereocenters. The Morgan fingerprint density at radius 3 is 2.33 bits per heavy atom. The van der Waals surface area contributed by atoms with Gasteiger partial charge >= 0.3 is 0 Å². The minimum Gasteiger partial charge on any atom is -0.355 e. The second-order valence-electron chi connectivity index (χ2n) is 4.88. The van der Waals surface area contributed by atoms with Gasteiger partial charge in [-0.05, 0) is 30.6 Å². The Morgan fingerprint density at radius 2 is 2.00 bits per heavy atom. The number of amides is 1. The molecule has 2 atom stereocenters. The maximum Gasteiger partial charge on any atom is 0.223 e. The van der Waals surface area contributed by atoms with E-state index >= 15 is 0 Å². The van der Waals surface area contributed by atoms with Crippen molar-refractivity contribution in [3.8, 4) is 0 Å². The van der Waals surface area contributed by atoms with E-state index in [-0.39, 0.29) is 11.3 Å². The third-order valence-corrected chi connectivity index (χ3v) is 5.06. The van der Waals surface area contributed by atoms with Crippen molar-refractivity contribution in [1.29, 1.82) is 0 Å². The Hall–Kier alpha value is -0.0500. The molecule has 1 N–H and O–H groups in total. The van der Waals surface area contributed by atoms with Gasteiger partial charge < -0.3 is 5.32 Å². The zero-order valence-corrected chi connectivity index (χ0v) is 11.6. The van der Waals surface area contributed by atoms with Crippen LogP contribution in [0.25, 0.3) is 0 Å². The summed E-state index contributed by atoms with van der Waals surface area (Å²) in [5.74, 6) is 1.16. The van der Waals surface area contributed by atoms with Gasteiger partial charge in [0.2, 0.25) is 5.91 Å². The van der Waals surface area contributed by atoms with E-state index in [4.69, 9.17) is 0 Å². The number of carbonyl (C=O) groups is 1. The predicted molar refractivity (Wildman–Crippen MR) is 67.1 cm³/mol. The van der Waals surface area contributed by atoms with Crippen LogP contribution in [0.1, 0.15) is 40.0 Å². The van der Waals surface area contributed by atoms with Crippen LogP contribution in [0.5, 0.6) is 0 Å². The van der Waals surface area contributed by atoms with Crippen LogP contribution in [-0.4, -0.2) is 17.8 Å². The molecule has 1 rings (SSSR count). The molecule has 0 heterocycles. The normalized spacial score (nSPS) is 25.1. The van der Waals surface area contributed by atoms with Gasteiger partial charge in [0, 0.05) is 17.8 Å². The van der Waals surface area contributed by atoms with E-state index in [2.05, 4.69) is 42.0 Å². The molecule has 15 heavy (non-hydrogen) atoms. The maximum absolute atomic E-state index is 11.7. The van der Waals surface area contributed by atoms with Crippen LogP contribution < -0.4 is 5.32 Å². The summed E-state index contributed by atoms with van der Waals surface area (Å²) >= 11 is 3.56. The molecule has 0 radical (unpaired) electrons. The summed E-state index contributed by atoms with van der Waals surface area (Å²) in [7, 11) is 0. The summed E-state index contributed by atoms with van der Waals surface area (Å²) in [6.07, 6.45) is 3.29.